The van der Waals surface area contributed by atoms with Crippen molar-refractivity contribution in [3.63, 3.8) is 0 Å². The van der Waals surface area contributed by atoms with E-state index in [-0.39, 0.29) is 11.4 Å². The lowest BCUT2D eigenvalue weighted by atomic mass is 10.1. The van der Waals surface area contributed by atoms with Crippen LogP contribution in [-0.4, -0.2) is 24.9 Å². The number of nitrogens with two attached hydrogens (primary N) is 1. The topological polar surface area (TPSA) is 91.0 Å². The summed E-state index contributed by atoms with van der Waals surface area (Å²) in [5.41, 5.74) is 4.38. The molecule has 0 atom stereocenters. The van der Waals surface area contributed by atoms with E-state index in [0.29, 0.717) is 0 Å². The molecule has 18 heavy (non-hydrogen) atoms. The number of methoxy groups -OCH3 is 1. The van der Waals surface area contributed by atoms with Crippen molar-refractivity contribution in [1.82, 2.24) is 0 Å². The number of amidine groups is 1. The van der Waals surface area contributed by atoms with Crippen LogP contribution in [0.3, 0.4) is 0 Å². The van der Waals surface area contributed by atoms with Gasteiger partial charge in [-0.05, 0) is 19.1 Å². The molecule has 1 aromatic carbocycles. The summed E-state index contributed by atoms with van der Waals surface area (Å²) in [6.07, 6.45) is 0. The smallest absolute Gasteiger partial charge is 0.369 e. The number of rotatable bonds is 3. The molecule has 0 saturated carbocycles. The van der Waals surface area contributed by atoms with Gasteiger partial charge in [0.05, 0.1) is 12.7 Å². The van der Waals surface area contributed by atoms with Crippen molar-refractivity contribution >= 4 is 17.8 Å². The monoisotopic (exact) mass is 254 g/mol. The molecule has 0 spiro atoms. The number of oxime groups is 1. The molecule has 2 N–H and O–H groups in total. The van der Waals surface area contributed by atoms with Crippen LogP contribution in [-0.2, 0) is 9.57 Å². The summed E-state index contributed by atoms with van der Waals surface area (Å²) in [6.45, 7) is 1.38. The maximum atomic E-state index is 13.5. The Kier molecular flexibility index (Phi) is 4.36. The highest BCUT2D eigenvalue weighted by atomic mass is 19.1. The highest BCUT2D eigenvalue weighted by Crippen LogP contribution is 2.16. The molecule has 6 nitrogen and oxygen atoms in total. The lowest BCUT2D eigenvalue weighted by Crippen LogP contribution is -2.15. The number of ether oxygens (including phenoxy) is 1. The molecule has 0 aliphatic heterocycles. The summed E-state index contributed by atoms with van der Waals surface area (Å²) in [4.78, 5) is 27.3. The summed E-state index contributed by atoms with van der Waals surface area (Å²) in [7, 11) is 1.12. The fourth-order valence-corrected chi connectivity index (χ4v) is 1.17. The van der Waals surface area contributed by atoms with Crippen molar-refractivity contribution < 1.29 is 23.6 Å². The third kappa shape index (κ3) is 3.03. The van der Waals surface area contributed by atoms with Crippen LogP contribution >= 0.6 is 0 Å². The minimum atomic E-state index is -1.13. The number of carbonyl (C=O) groups excluding carboxylic acids is 2. The first-order valence-corrected chi connectivity index (χ1v) is 4.85. The van der Waals surface area contributed by atoms with Crippen LogP contribution in [0.15, 0.2) is 23.4 Å². The van der Waals surface area contributed by atoms with E-state index in [4.69, 9.17) is 5.73 Å². The summed E-state index contributed by atoms with van der Waals surface area (Å²) in [6, 6.07) is 3.53. The van der Waals surface area contributed by atoms with E-state index in [1.54, 1.807) is 0 Å². The van der Waals surface area contributed by atoms with E-state index >= 15 is 0 Å². The molecule has 1 aromatic rings. The number of esters is 1. The van der Waals surface area contributed by atoms with E-state index in [1.807, 2.05) is 0 Å². The number of nitrogens with zero attached hydrogens (tertiary/aromatic N) is 1. The highest BCUT2D eigenvalue weighted by molar-refractivity contribution is 6.03. The summed E-state index contributed by atoms with van der Waals surface area (Å²) in [5.74, 6) is -2.90. The standard InChI is InChI=1S/C11H11FN2O4/c1-6(13)14-18-11(16)9-7(10(15)17-2)4-3-5-8(9)12/h3-5H,1-2H3,(H2,13,14). The Morgan fingerprint density at radius 3 is 2.56 bits per heavy atom. The SMILES string of the molecule is COC(=O)c1cccc(F)c1C(=O)O/N=C(/C)N. The zero-order valence-corrected chi connectivity index (χ0v) is 9.77. The lowest BCUT2D eigenvalue weighted by Gasteiger charge is -2.06. The average molecular weight is 254 g/mol. The van der Waals surface area contributed by atoms with Crippen LogP contribution in [0.5, 0.6) is 0 Å². The van der Waals surface area contributed by atoms with Gasteiger partial charge in [0.15, 0.2) is 0 Å². The predicted octanol–water partition coefficient (Wildman–Crippen LogP) is 1.06. The summed E-state index contributed by atoms with van der Waals surface area (Å²) < 4.78 is 18.0. The maximum absolute atomic E-state index is 13.5. The summed E-state index contributed by atoms with van der Waals surface area (Å²) in [5, 5.41) is 3.19. The molecule has 0 saturated heterocycles. The van der Waals surface area contributed by atoms with Gasteiger partial charge in [0.25, 0.3) is 0 Å². The number of carbonyl (C=O) groups is 2. The van der Waals surface area contributed by atoms with Crippen LogP contribution in [0.4, 0.5) is 4.39 Å². The second-order valence-electron chi connectivity index (χ2n) is 3.27. The van der Waals surface area contributed by atoms with Gasteiger partial charge in [0, 0.05) is 0 Å². The Morgan fingerprint density at radius 2 is 2.00 bits per heavy atom. The molecule has 0 aliphatic rings. The van der Waals surface area contributed by atoms with Crippen LogP contribution < -0.4 is 5.73 Å². The fraction of sp³-hybridized carbons (Fsp3) is 0.182. The first-order valence-electron chi connectivity index (χ1n) is 4.85. The minimum Gasteiger partial charge on any atom is -0.465 e. The molecule has 0 radical (unpaired) electrons. The van der Waals surface area contributed by atoms with E-state index in [9.17, 15) is 14.0 Å². The van der Waals surface area contributed by atoms with E-state index in [0.717, 1.165) is 13.2 Å². The summed E-state index contributed by atoms with van der Waals surface area (Å²) >= 11 is 0. The first-order chi connectivity index (χ1) is 8.47. The quantitative estimate of drug-likeness (QED) is 0.286. The minimum absolute atomic E-state index is 0.0145. The first kappa shape index (κ1) is 13.6. The number of hydrogen-bond donors (Lipinski definition) is 1. The molecule has 0 amide bonds. The Hall–Kier alpha value is -2.44. The Morgan fingerprint density at radius 1 is 1.33 bits per heavy atom. The van der Waals surface area contributed by atoms with E-state index < -0.39 is 23.3 Å². The highest BCUT2D eigenvalue weighted by Gasteiger charge is 2.23. The van der Waals surface area contributed by atoms with Gasteiger partial charge in [0.1, 0.15) is 17.2 Å². The zero-order chi connectivity index (χ0) is 13.7. The second-order valence-corrected chi connectivity index (χ2v) is 3.27. The van der Waals surface area contributed by atoms with Gasteiger partial charge >= 0.3 is 11.9 Å². The van der Waals surface area contributed by atoms with Gasteiger partial charge in [0.2, 0.25) is 0 Å². The molecule has 0 unspecified atom stereocenters. The maximum Gasteiger partial charge on any atom is 0.369 e. The van der Waals surface area contributed by atoms with Crippen molar-refractivity contribution in [2.24, 2.45) is 10.9 Å². The third-order valence-electron chi connectivity index (χ3n) is 1.90. The van der Waals surface area contributed by atoms with Crippen LogP contribution in [0.1, 0.15) is 27.6 Å². The van der Waals surface area contributed by atoms with Gasteiger partial charge in [-0.25, -0.2) is 14.0 Å². The Labute approximate surface area is 102 Å². The third-order valence-corrected chi connectivity index (χ3v) is 1.90. The average Bonchev–Trinajstić information content (AvgIpc) is 2.34. The molecular formula is C11H11FN2O4. The predicted molar refractivity (Wildman–Crippen MR) is 60.5 cm³/mol. The molecule has 1 rings (SSSR count). The number of halogens is 1. The number of benzene rings is 1. The Balaban J connectivity index is 3.17. The van der Waals surface area contributed by atoms with Gasteiger partial charge in [-0.1, -0.05) is 11.2 Å². The van der Waals surface area contributed by atoms with Gasteiger partial charge < -0.3 is 15.3 Å². The van der Waals surface area contributed by atoms with Gasteiger partial charge in [-0.15, -0.1) is 0 Å². The molecule has 0 aliphatic carbocycles. The largest absolute Gasteiger partial charge is 0.465 e. The molecular weight excluding hydrogens is 243 g/mol. The van der Waals surface area contributed by atoms with Crippen molar-refractivity contribution in [3.8, 4) is 0 Å². The second kappa shape index (κ2) is 5.76. The van der Waals surface area contributed by atoms with E-state index in [2.05, 4.69) is 14.7 Å². The molecule has 7 heteroatoms. The van der Waals surface area contributed by atoms with Crippen molar-refractivity contribution in [2.75, 3.05) is 7.11 Å². The molecule has 0 fully saturated rings. The van der Waals surface area contributed by atoms with Crippen LogP contribution in [0, 0.1) is 5.82 Å². The fourth-order valence-electron chi connectivity index (χ4n) is 1.17. The van der Waals surface area contributed by atoms with E-state index in [1.165, 1.54) is 19.1 Å². The van der Waals surface area contributed by atoms with Crippen molar-refractivity contribution in [2.45, 2.75) is 6.92 Å². The van der Waals surface area contributed by atoms with Crippen LogP contribution in [0.25, 0.3) is 0 Å². The van der Waals surface area contributed by atoms with Crippen LogP contribution in [0.2, 0.25) is 0 Å². The number of hydrogen-bond acceptors (Lipinski definition) is 5. The van der Waals surface area contributed by atoms with Gasteiger partial charge in [-0.3, -0.25) is 0 Å². The molecule has 0 aromatic heterocycles. The van der Waals surface area contributed by atoms with Crippen molar-refractivity contribution in [1.29, 1.82) is 0 Å². The molecule has 0 heterocycles. The lowest BCUT2D eigenvalue weighted by molar-refractivity contribution is 0.0489. The molecule has 0 bridgehead atoms. The zero-order valence-electron chi connectivity index (χ0n) is 9.77. The normalized spacial score (nSPS) is 10.9. The van der Waals surface area contributed by atoms with Crippen molar-refractivity contribution in [3.05, 3.63) is 35.1 Å². The Bertz CT molecular complexity index is 510. The molecule has 96 valence electrons. The van der Waals surface area contributed by atoms with Gasteiger partial charge in [-0.2, -0.15) is 0 Å².